The maximum Gasteiger partial charge on any atom is 0.233 e. The Morgan fingerprint density at radius 2 is 1.95 bits per heavy atom. The zero-order chi connectivity index (χ0) is 14.9. The molecule has 1 amide bonds. The van der Waals surface area contributed by atoms with Crippen molar-refractivity contribution in [2.75, 3.05) is 24.2 Å². The Hall–Kier alpha value is -2.01. The molecule has 22 heavy (non-hydrogen) atoms. The lowest BCUT2D eigenvalue weighted by atomic mass is 10.1. The summed E-state index contributed by atoms with van der Waals surface area (Å²) in [7, 11) is 0. The average Bonchev–Trinajstić information content (AvgIpc) is 3.08. The molecular weight excluding hydrogens is 294 g/mol. The van der Waals surface area contributed by atoms with Crippen LogP contribution in [-0.2, 0) is 4.79 Å². The normalized spacial score (nSPS) is 16.5. The van der Waals surface area contributed by atoms with Crippen LogP contribution in [0.25, 0.3) is 10.8 Å². The van der Waals surface area contributed by atoms with E-state index in [0.29, 0.717) is 5.75 Å². The standard InChI is InChI=1S/C17H17N3OS/c21-15(20-9-1-2-10-20)11-22-17-18-13-7-3-5-12-6-4-8-14(19-17)16(12)13/h3-8H,1-2,9-11H2,(H,18,19). The molecule has 5 heteroatoms. The van der Waals surface area contributed by atoms with E-state index in [2.05, 4.69) is 28.5 Å². The van der Waals surface area contributed by atoms with Gasteiger partial charge in [0.05, 0.1) is 17.1 Å². The Labute approximate surface area is 133 Å². The van der Waals surface area contributed by atoms with E-state index in [0.717, 1.165) is 47.9 Å². The number of nitrogens with zero attached hydrogens (tertiary/aromatic N) is 2. The van der Waals surface area contributed by atoms with E-state index in [4.69, 9.17) is 0 Å². The number of rotatable bonds is 2. The lowest BCUT2D eigenvalue weighted by Crippen LogP contribution is -2.30. The summed E-state index contributed by atoms with van der Waals surface area (Å²) < 4.78 is 0. The van der Waals surface area contributed by atoms with Gasteiger partial charge in [0.15, 0.2) is 5.17 Å². The lowest BCUT2D eigenvalue weighted by molar-refractivity contribution is -0.127. The summed E-state index contributed by atoms with van der Waals surface area (Å²) in [5, 5.41) is 6.49. The van der Waals surface area contributed by atoms with Gasteiger partial charge in [0.25, 0.3) is 0 Å². The lowest BCUT2D eigenvalue weighted by Gasteiger charge is -2.19. The first-order chi connectivity index (χ1) is 10.8. The molecule has 2 aliphatic heterocycles. The topological polar surface area (TPSA) is 44.7 Å². The highest BCUT2D eigenvalue weighted by molar-refractivity contribution is 8.14. The summed E-state index contributed by atoms with van der Waals surface area (Å²) in [4.78, 5) is 18.8. The second kappa shape index (κ2) is 5.65. The number of hydrogen-bond donors (Lipinski definition) is 1. The number of amidine groups is 1. The van der Waals surface area contributed by atoms with Crippen LogP contribution in [0.1, 0.15) is 12.8 Å². The first kappa shape index (κ1) is 13.6. The summed E-state index contributed by atoms with van der Waals surface area (Å²) in [5.74, 6) is 0.660. The van der Waals surface area contributed by atoms with Crippen molar-refractivity contribution in [3.05, 3.63) is 36.4 Å². The Bertz CT molecular complexity index is 760. The van der Waals surface area contributed by atoms with Gasteiger partial charge >= 0.3 is 0 Å². The molecule has 0 aromatic heterocycles. The number of hydrogen-bond acceptors (Lipinski definition) is 4. The van der Waals surface area contributed by atoms with E-state index in [1.807, 2.05) is 23.1 Å². The summed E-state index contributed by atoms with van der Waals surface area (Å²) in [5.41, 5.74) is 2.04. The smallest absolute Gasteiger partial charge is 0.233 e. The number of likely N-dealkylation sites (tertiary alicyclic amines) is 1. The molecule has 0 radical (unpaired) electrons. The van der Waals surface area contributed by atoms with E-state index >= 15 is 0 Å². The highest BCUT2D eigenvalue weighted by Crippen LogP contribution is 2.36. The SMILES string of the molecule is O=C(CSC1=Nc2cccc3cccc(c23)N1)N1CCCC1. The molecule has 1 N–H and O–H groups in total. The number of benzene rings is 2. The van der Waals surface area contributed by atoms with Crippen molar-refractivity contribution in [3.63, 3.8) is 0 Å². The van der Waals surface area contributed by atoms with Gasteiger partial charge in [0.1, 0.15) is 0 Å². The van der Waals surface area contributed by atoms with Crippen LogP contribution in [0.15, 0.2) is 41.4 Å². The molecule has 0 unspecified atom stereocenters. The Balaban J connectivity index is 1.53. The molecule has 2 aromatic carbocycles. The fraction of sp³-hybridized carbons (Fsp3) is 0.294. The molecule has 0 spiro atoms. The van der Waals surface area contributed by atoms with Crippen molar-refractivity contribution in [2.24, 2.45) is 4.99 Å². The number of thioether (sulfide) groups is 1. The van der Waals surface area contributed by atoms with Crippen LogP contribution >= 0.6 is 11.8 Å². The second-order valence-corrected chi connectivity index (χ2v) is 6.56. The van der Waals surface area contributed by atoms with Gasteiger partial charge < -0.3 is 10.2 Å². The minimum Gasteiger partial charge on any atom is -0.342 e. The van der Waals surface area contributed by atoms with Crippen molar-refractivity contribution < 1.29 is 4.79 Å². The number of amides is 1. The molecule has 2 aliphatic rings. The molecular formula is C17H17N3OS. The fourth-order valence-electron chi connectivity index (χ4n) is 3.03. The summed E-state index contributed by atoms with van der Waals surface area (Å²) in [6.45, 7) is 1.81. The van der Waals surface area contributed by atoms with Gasteiger partial charge in [0, 0.05) is 18.5 Å². The molecule has 1 saturated heterocycles. The van der Waals surface area contributed by atoms with Crippen LogP contribution in [0.3, 0.4) is 0 Å². The van der Waals surface area contributed by atoms with Crippen molar-refractivity contribution in [3.8, 4) is 0 Å². The maximum absolute atomic E-state index is 12.1. The molecule has 0 aliphatic carbocycles. The molecule has 1 fully saturated rings. The molecule has 0 saturated carbocycles. The largest absolute Gasteiger partial charge is 0.342 e. The molecule has 2 heterocycles. The van der Waals surface area contributed by atoms with Gasteiger partial charge in [0.2, 0.25) is 5.91 Å². The Kier molecular flexibility index (Phi) is 3.50. The van der Waals surface area contributed by atoms with Crippen LogP contribution in [0.5, 0.6) is 0 Å². The zero-order valence-electron chi connectivity index (χ0n) is 12.2. The van der Waals surface area contributed by atoms with E-state index in [-0.39, 0.29) is 5.91 Å². The summed E-state index contributed by atoms with van der Waals surface area (Å²) >= 11 is 1.49. The predicted octanol–water partition coefficient (Wildman–Crippen LogP) is 3.61. The van der Waals surface area contributed by atoms with Crippen molar-refractivity contribution in [2.45, 2.75) is 12.8 Å². The van der Waals surface area contributed by atoms with Gasteiger partial charge in [-0.2, -0.15) is 0 Å². The first-order valence-electron chi connectivity index (χ1n) is 7.59. The Morgan fingerprint density at radius 1 is 1.18 bits per heavy atom. The maximum atomic E-state index is 12.1. The minimum absolute atomic E-state index is 0.212. The van der Waals surface area contributed by atoms with E-state index in [1.165, 1.54) is 17.1 Å². The second-order valence-electron chi connectivity index (χ2n) is 5.60. The predicted molar refractivity (Wildman–Crippen MR) is 92.9 cm³/mol. The zero-order valence-corrected chi connectivity index (χ0v) is 13.0. The third-order valence-electron chi connectivity index (χ3n) is 4.14. The van der Waals surface area contributed by atoms with Gasteiger partial charge in [-0.25, -0.2) is 4.99 Å². The van der Waals surface area contributed by atoms with E-state index in [9.17, 15) is 4.79 Å². The molecule has 112 valence electrons. The number of carbonyl (C=O) groups is 1. The van der Waals surface area contributed by atoms with Crippen LogP contribution < -0.4 is 5.32 Å². The summed E-state index contributed by atoms with van der Waals surface area (Å²) in [6, 6.07) is 12.3. The van der Waals surface area contributed by atoms with Gasteiger partial charge in [-0.05, 0) is 30.4 Å². The first-order valence-corrected chi connectivity index (χ1v) is 8.58. The number of carbonyl (C=O) groups excluding carboxylic acids is 1. The monoisotopic (exact) mass is 311 g/mol. The number of nitrogens with one attached hydrogen (secondary N) is 1. The molecule has 4 rings (SSSR count). The van der Waals surface area contributed by atoms with Gasteiger partial charge in [-0.15, -0.1) is 0 Å². The minimum atomic E-state index is 0.212. The van der Waals surface area contributed by atoms with Crippen molar-refractivity contribution in [1.29, 1.82) is 0 Å². The third-order valence-corrected chi connectivity index (χ3v) is 5.00. The average molecular weight is 311 g/mol. The van der Waals surface area contributed by atoms with E-state index in [1.54, 1.807) is 0 Å². The van der Waals surface area contributed by atoms with Crippen LogP contribution in [-0.4, -0.2) is 34.8 Å². The van der Waals surface area contributed by atoms with Crippen molar-refractivity contribution in [1.82, 2.24) is 4.90 Å². The summed E-state index contributed by atoms with van der Waals surface area (Å²) in [6.07, 6.45) is 2.26. The molecule has 4 nitrogen and oxygen atoms in total. The Morgan fingerprint density at radius 3 is 2.77 bits per heavy atom. The number of aliphatic imine (C=N–C) groups is 1. The van der Waals surface area contributed by atoms with Gasteiger partial charge in [-0.1, -0.05) is 36.0 Å². The van der Waals surface area contributed by atoms with E-state index < -0.39 is 0 Å². The van der Waals surface area contributed by atoms with Crippen molar-refractivity contribution >= 4 is 45.0 Å². The highest BCUT2D eigenvalue weighted by atomic mass is 32.2. The fourth-order valence-corrected chi connectivity index (χ4v) is 3.82. The quantitative estimate of drug-likeness (QED) is 0.921. The third kappa shape index (κ3) is 2.46. The van der Waals surface area contributed by atoms with Crippen LogP contribution in [0.2, 0.25) is 0 Å². The highest BCUT2D eigenvalue weighted by Gasteiger charge is 2.20. The molecule has 0 bridgehead atoms. The van der Waals surface area contributed by atoms with Crippen LogP contribution in [0.4, 0.5) is 11.4 Å². The molecule has 0 atom stereocenters. The molecule has 2 aromatic rings. The van der Waals surface area contributed by atoms with Gasteiger partial charge in [-0.3, -0.25) is 4.79 Å². The van der Waals surface area contributed by atoms with Crippen LogP contribution in [0, 0.1) is 0 Å². The number of anilines is 1.